The molecule has 6 nitrogen and oxygen atoms in total. The minimum atomic E-state index is -0.0728. The van der Waals surface area contributed by atoms with Gasteiger partial charge in [-0.15, -0.1) is 0 Å². The van der Waals surface area contributed by atoms with Gasteiger partial charge in [0.2, 0.25) is 0 Å². The molecule has 1 aromatic heterocycles. The van der Waals surface area contributed by atoms with Crippen molar-refractivity contribution in [2.24, 2.45) is 7.05 Å². The van der Waals surface area contributed by atoms with E-state index in [4.69, 9.17) is 4.74 Å². The van der Waals surface area contributed by atoms with Crippen molar-refractivity contribution < 1.29 is 9.53 Å². The molecule has 128 valence electrons. The quantitative estimate of drug-likeness (QED) is 0.938. The van der Waals surface area contributed by atoms with Crippen LogP contribution >= 0.6 is 0 Å². The molecule has 0 spiro atoms. The maximum atomic E-state index is 12.5. The highest BCUT2D eigenvalue weighted by atomic mass is 16.5. The number of aryl methyl sites for hydroxylation is 1. The Labute approximate surface area is 142 Å². The number of piperidine rings is 1. The number of carbonyl (C=O) groups excluding carboxylic acids is 1. The van der Waals surface area contributed by atoms with Crippen LogP contribution in [0.2, 0.25) is 0 Å². The van der Waals surface area contributed by atoms with Crippen LogP contribution < -0.4 is 5.32 Å². The SMILES string of the molecule is CCO[C@@H]1CCCN(C(=O)Nc2cccc(-c3nccn3C)c2)C1. The molecule has 1 fully saturated rings. The first-order valence-corrected chi connectivity index (χ1v) is 8.42. The van der Waals surface area contributed by atoms with Crippen LogP contribution in [-0.4, -0.2) is 46.3 Å². The molecular weight excluding hydrogens is 304 g/mol. The lowest BCUT2D eigenvalue weighted by Crippen LogP contribution is -2.45. The first kappa shape index (κ1) is 16.5. The zero-order valence-electron chi connectivity index (χ0n) is 14.2. The van der Waals surface area contributed by atoms with Crippen LogP contribution in [0.25, 0.3) is 11.4 Å². The minimum absolute atomic E-state index is 0.0728. The number of urea groups is 1. The van der Waals surface area contributed by atoms with Crippen molar-refractivity contribution in [3.63, 3.8) is 0 Å². The van der Waals surface area contributed by atoms with Crippen molar-refractivity contribution in [3.8, 4) is 11.4 Å². The molecule has 2 amide bonds. The summed E-state index contributed by atoms with van der Waals surface area (Å²) in [4.78, 5) is 18.7. The summed E-state index contributed by atoms with van der Waals surface area (Å²) in [5.41, 5.74) is 1.75. The Kier molecular flexibility index (Phi) is 5.15. The van der Waals surface area contributed by atoms with Crippen LogP contribution in [0.1, 0.15) is 19.8 Å². The first-order valence-electron chi connectivity index (χ1n) is 8.42. The lowest BCUT2D eigenvalue weighted by molar-refractivity contribution is 0.0181. The maximum Gasteiger partial charge on any atom is 0.321 e. The molecule has 1 aromatic carbocycles. The van der Waals surface area contributed by atoms with E-state index in [-0.39, 0.29) is 12.1 Å². The molecule has 0 bridgehead atoms. The van der Waals surface area contributed by atoms with Crippen molar-refractivity contribution in [2.75, 3.05) is 25.0 Å². The third-order valence-electron chi connectivity index (χ3n) is 4.26. The predicted molar refractivity (Wildman–Crippen MR) is 93.9 cm³/mol. The number of hydrogen-bond donors (Lipinski definition) is 1. The lowest BCUT2D eigenvalue weighted by Gasteiger charge is -2.32. The standard InChI is InChI=1S/C18H24N4O2/c1-3-24-16-8-5-10-22(13-16)18(23)20-15-7-4-6-14(12-15)17-19-9-11-21(17)2/h4,6-7,9,11-12,16H,3,5,8,10,13H2,1-2H3,(H,20,23)/t16-/m1/s1. The average molecular weight is 328 g/mol. The molecule has 1 N–H and O–H groups in total. The van der Waals surface area contributed by atoms with Crippen molar-refractivity contribution in [2.45, 2.75) is 25.9 Å². The molecule has 1 aliphatic rings. The van der Waals surface area contributed by atoms with E-state index < -0.39 is 0 Å². The van der Waals surface area contributed by atoms with E-state index in [2.05, 4.69) is 10.3 Å². The van der Waals surface area contributed by atoms with E-state index in [9.17, 15) is 4.79 Å². The fourth-order valence-electron chi connectivity index (χ4n) is 3.08. The number of amides is 2. The normalized spacial score (nSPS) is 17.8. The van der Waals surface area contributed by atoms with Crippen LogP contribution in [0.3, 0.4) is 0 Å². The molecule has 1 aliphatic heterocycles. The molecule has 24 heavy (non-hydrogen) atoms. The molecule has 0 aliphatic carbocycles. The van der Waals surface area contributed by atoms with E-state index in [1.807, 2.05) is 53.9 Å². The number of benzene rings is 1. The Morgan fingerprint density at radius 1 is 1.46 bits per heavy atom. The van der Waals surface area contributed by atoms with Gasteiger partial charge in [-0.3, -0.25) is 0 Å². The van der Waals surface area contributed by atoms with E-state index in [0.717, 1.165) is 36.5 Å². The number of ether oxygens (including phenoxy) is 1. The van der Waals surface area contributed by atoms with E-state index in [1.165, 1.54) is 0 Å². The van der Waals surface area contributed by atoms with Crippen molar-refractivity contribution in [1.82, 2.24) is 14.5 Å². The van der Waals surface area contributed by atoms with Crippen molar-refractivity contribution >= 4 is 11.7 Å². The number of anilines is 1. The van der Waals surface area contributed by atoms with E-state index in [1.54, 1.807) is 6.20 Å². The second-order valence-electron chi connectivity index (χ2n) is 6.04. The summed E-state index contributed by atoms with van der Waals surface area (Å²) in [6, 6.07) is 7.69. The molecule has 0 unspecified atom stereocenters. The van der Waals surface area contributed by atoms with Gasteiger partial charge in [-0.2, -0.15) is 0 Å². The van der Waals surface area contributed by atoms with Crippen molar-refractivity contribution in [1.29, 1.82) is 0 Å². The fraction of sp³-hybridized carbons (Fsp3) is 0.444. The number of nitrogens with one attached hydrogen (secondary N) is 1. The van der Waals surface area contributed by atoms with Gasteiger partial charge in [0, 0.05) is 50.4 Å². The summed E-state index contributed by atoms with van der Waals surface area (Å²) in [5, 5.41) is 2.99. The Balaban J connectivity index is 1.67. The average Bonchev–Trinajstić information content (AvgIpc) is 3.02. The van der Waals surface area contributed by atoms with Crippen LogP contribution in [0, 0.1) is 0 Å². The third-order valence-corrected chi connectivity index (χ3v) is 4.26. The molecular formula is C18H24N4O2. The predicted octanol–water partition coefficient (Wildman–Crippen LogP) is 3.12. The van der Waals surface area contributed by atoms with Gasteiger partial charge in [0.05, 0.1) is 6.10 Å². The first-order chi connectivity index (χ1) is 11.7. The third kappa shape index (κ3) is 3.76. The fourth-order valence-corrected chi connectivity index (χ4v) is 3.08. The molecule has 0 radical (unpaired) electrons. The highest BCUT2D eigenvalue weighted by Crippen LogP contribution is 2.21. The van der Waals surface area contributed by atoms with Gasteiger partial charge in [0.1, 0.15) is 5.82 Å². The molecule has 0 saturated carbocycles. The highest BCUT2D eigenvalue weighted by Gasteiger charge is 2.23. The highest BCUT2D eigenvalue weighted by molar-refractivity contribution is 5.90. The number of hydrogen-bond acceptors (Lipinski definition) is 3. The lowest BCUT2D eigenvalue weighted by atomic mass is 10.1. The van der Waals surface area contributed by atoms with Gasteiger partial charge in [-0.1, -0.05) is 12.1 Å². The smallest absolute Gasteiger partial charge is 0.321 e. The van der Waals surface area contributed by atoms with Gasteiger partial charge >= 0.3 is 6.03 Å². The second kappa shape index (κ2) is 7.49. The van der Waals surface area contributed by atoms with Gasteiger partial charge in [-0.25, -0.2) is 9.78 Å². The summed E-state index contributed by atoms with van der Waals surface area (Å²) in [5.74, 6) is 0.875. The van der Waals surface area contributed by atoms with Gasteiger partial charge < -0.3 is 19.5 Å². The number of rotatable bonds is 4. The van der Waals surface area contributed by atoms with Crippen LogP contribution in [0.4, 0.5) is 10.5 Å². The number of aromatic nitrogens is 2. The monoisotopic (exact) mass is 328 g/mol. The zero-order valence-corrected chi connectivity index (χ0v) is 14.2. The molecule has 1 saturated heterocycles. The number of nitrogens with zero attached hydrogens (tertiary/aromatic N) is 3. The summed E-state index contributed by atoms with van der Waals surface area (Å²) in [7, 11) is 1.95. The van der Waals surface area contributed by atoms with Crippen molar-refractivity contribution in [3.05, 3.63) is 36.7 Å². The number of imidazole rings is 1. The number of likely N-dealkylation sites (tertiary alicyclic amines) is 1. The molecule has 6 heteroatoms. The molecule has 1 atom stereocenters. The maximum absolute atomic E-state index is 12.5. The zero-order chi connectivity index (χ0) is 16.9. The minimum Gasteiger partial charge on any atom is -0.377 e. The number of carbonyl (C=O) groups is 1. The van der Waals surface area contributed by atoms with Gasteiger partial charge in [-0.05, 0) is 31.9 Å². The Morgan fingerprint density at radius 2 is 2.33 bits per heavy atom. The second-order valence-corrected chi connectivity index (χ2v) is 6.04. The van der Waals surface area contributed by atoms with Crippen LogP contribution in [-0.2, 0) is 11.8 Å². The van der Waals surface area contributed by atoms with Crippen LogP contribution in [0.5, 0.6) is 0 Å². The van der Waals surface area contributed by atoms with Crippen LogP contribution in [0.15, 0.2) is 36.7 Å². The topological polar surface area (TPSA) is 59.4 Å². The Hall–Kier alpha value is -2.34. The summed E-state index contributed by atoms with van der Waals surface area (Å²) < 4.78 is 7.62. The summed E-state index contributed by atoms with van der Waals surface area (Å²) in [6.07, 6.45) is 5.82. The van der Waals surface area contributed by atoms with Gasteiger partial charge in [0.15, 0.2) is 0 Å². The summed E-state index contributed by atoms with van der Waals surface area (Å²) >= 11 is 0. The van der Waals surface area contributed by atoms with E-state index >= 15 is 0 Å². The molecule has 2 heterocycles. The van der Waals surface area contributed by atoms with E-state index in [0.29, 0.717) is 13.2 Å². The largest absolute Gasteiger partial charge is 0.377 e. The Bertz CT molecular complexity index is 696. The molecule has 2 aromatic rings. The van der Waals surface area contributed by atoms with Gasteiger partial charge in [0.25, 0.3) is 0 Å². The summed E-state index contributed by atoms with van der Waals surface area (Å²) in [6.45, 7) is 4.10. The Morgan fingerprint density at radius 3 is 3.08 bits per heavy atom. The molecule has 3 rings (SSSR count).